The number of hydrogen-bond acceptors (Lipinski definition) is 7. The van der Waals surface area contributed by atoms with E-state index < -0.39 is 0 Å². The highest BCUT2D eigenvalue weighted by molar-refractivity contribution is 7.80. The number of allylic oxidation sites excluding steroid dienone is 1. The molecule has 7 nitrogen and oxygen atoms in total. The van der Waals surface area contributed by atoms with E-state index in [-0.39, 0.29) is 12.1 Å². The number of benzene rings is 1. The number of hydrogen-bond donors (Lipinski definition) is 1. The minimum Gasteiger partial charge on any atom is -0.494 e. The summed E-state index contributed by atoms with van der Waals surface area (Å²) in [4.78, 5) is 7.82. The molecule has 2 aliphatic rings. The van der Waals surface area contributed by atoms with E-state index >= 15 is 0 Å². The molecule has 1 fully saturated rings. The maximum atomic E-state index is 5.88. The number of aromatic nitrogens is 2. The fraction of sp³-hybridized carbons (Fsp3) is 0.375. The largest absolute Gasteiger partial charge is 0.494 e. The smallest absolute Gasteiger partial charge is 0.258 e. The van der Waals surface area contributed by atoms with E-state index in [1.807, 2.05) is 48.7 Å². The monoisotopic (exact) mass is 482 g/mol. The van der Waals surface area contributed by atoms with Crippen molar-refractivity contribution in [1.29, 1.82) is 0 Å². The van der Waals surface area contributed by atoms with Crippen LogP contribution in [0.4, 0.5) is 0 Å². The molecule has 2 aromatic heterocycles. The van der Waals surface area contributed by atoms with Gasteiger partial charge in [-0.3, -0.25) is 0 Å². The van der Waals surface area contributed by atoms with Crippen LogP contribution in [-0.4, -0.2) is 46.0 Å². The van der Waals surface area contributed by atoms with Crippen molar-refractivity contribution in [1.82, 2.24) is 20.4 Å². The summed E-state index contributed by atoms with van der Waals surface area (Å²) in [7, 11) is 0. The number of nitrogens with one attached hydrogen (secondary N) is 1. The first-order chi connectivity index (χ1) is 16.1. The third kappa shape index (κ3) is 4.53. The lowest BCUT2D eigenvalue weighted by atomic mass is 9.94. The Morgan fingerprint density at radius 2 is 2.12 bits per heavy atom. The fourth-order valence-corrected chi connectivity index (χ4v) is 5.26. The SMILES string of the molecule is CCOc1ccc(C2NC(=S)N(CC3CCCO3)C(C)=C2c2nc(-c3cccs3)no2)cc1. The van der Waals surface area contributed by atoms with Crippen LogP contribution in [0.2, 0.25) is 0 Å². The van der Waals surface area contributed by atoms with Crippen molar-refractivity contribution in [2.45, 2.75) is 38.8 Å². The van der Waals surface area contributed by atoms with Crippen LogP contribution in [0.25, 0.3) is 16.3 Å². The zero-order valence-corrected chi connectivity index (χ0v) is 20.2. The van der Waals surface area contributed by atoms with Gasteiger partial charge in [0.1, 0.15) is 5.75 Å². The summed E-state index contributed by atoms with van der Waals surface area (Å²) in [6, 6.07) is 11.8. The Morgan fingerprint density at radius 1 is 1.27 bits per heavy atom. The van der Waals surface area contributed by atoms with Crippen LogP contribution in [0, 0.1) is 0 Å². The molecule has 0 amide bonds. The zero-order valence-electron chi connectivity index (χ0n) is 18.6. The third-order valence-corrected chi connectivity index (χ3v) is 7.13. The Balaban J connectivity index is 1.54. The quantitative estimate of drug-likeness (QED) is 0.470. The third-order valence-electron chi connectivity index (χ3n) is 5.93. The van der Waals surface area contributed by atoms with E-state index in [0.29, 0.717) is 30.0 Å². The molecule has 2 aliphatic heterocycles. The summed E-state index contributed by atoms with van der Waals surface area (Å²) in [5.74, 6) is 1.91. The van der Waals surface area contributed by atoms with Crippen molar-refractivity contribution in [2.75, 3.05) is 19.8 Å². The highest BCUT2D eigenvalue weighted by Gasteiger charge is 2.35. The molecule has 5 rings (SSSR count). The van der Waals surface area contributed by atoms with Crippen molar-refractivity contribution in [3.05, 3.63) is 58.9 Å². The molecular weight excluding hydrogens is 456 g/mol. The van der Waals surface area contributed by atoms with Gasteiger partial charge >= 0.3 is 0 Å². The molecule has 0 saturated carbocycles. The fourth-order valence-electron chi connectivity index (χ4n) is 4.28. The lowest BCUT2D eigenvalue weighted by Gasteiger charge is -2.38. The van der Waals surface area contributed by atoms with Crippen molar-refractivity contribution in [3.8, 4) is 16.5 Å². The zero-order chi connectivity index (χ0) is 22.8. The standard InChI is InChI=1S/C24H26N4O3S2/c1-3-29-17-10-8-16(9-11-17)21-20(23-26-22(27-31-23)19-7-5-13-33-19)15(2)28(24(32)25-21)14-18-6-4-12-30-18/h5,7-11,13,18,21H,3-4,6,12,14H2,1-2H3,(H,25,32). The Labute approximate surface area is 202 Å². The second-order valence-electron chi connectivity index (χ2n) is 8.03. The average molecular weight is 483 g/mol. The molecule has 172 valence electrons. The van der Waals surface area contributed by atoms with Gasteiger partial charge in [-0.05, 0) is 68.0 Å². The number of thiocarbonyl (C=S) groups is 1. The van der Waals surface area contributed by atoms with Gasteiger partial charge in [-0.15, -0.1) is 11.3 Å². The molecule has 1 N–H and O–H groups in total. The van der Waals surface area contributed by atoms with E-state index in [1.54, 1.807) is 11.3 Å². The molecule has 2 atom stereocenters. The Hall–Kier alpha value is -2.75. The molecule has 9 heteroatoms. The first-order valence-corrected chi connectivity index (χ1v) is 12.4. The van der Waals surface area contributed by atoms with Crippen LogP contribution >= 0.6 is 23.6 Å². The molecule has 3 aromatic rings. The number of nitrogens with zero attached hydrogens (tertiary/aromatic N) is 3. The van der Waals surface area contributed by atoms with Crippen molar-refractivity contribution in [3.63, 3.8) is 0 Å². The van der Waals surface area contributed by atoms with Crippen molar-refractivity contribution < 1.29 is 14.0 Å². The van der Waals surface area contributed by atoms with Gasteiger partial charge in [-0.25, -0.2) is 0 Å². The second kappa shape index (κ2) is 9.62. The van der Waals surface area contributed by atoms with Crippen LogP contribution in [0.5, 0.6) is 5.75 Å². The van der Waals surface area contributed by atoms with E-state index in [1.165, 1.54) is 0 Å². The number of ether oxygens (including phenoxy) is 2. The van der Waals surface area contributed by atoms with E-state index in [0.717, 1.165) is 46.9 Å². The number of rotatable bonds is 7. The molecular formula is C24H26N4O3S2. The van der Waals surface area contributed by atoms with Gasteiger partial charge < -0.3 is 24.2 Å². The molecule has 1 saturated heterocycles. The van der Waals surface area contributed by atoms with Gasteiger partial charge in [0, 0.05) is 12.3 Å². The van der Waals surface area contributed by atoms with E-state index in [4.69, 9.17) is 31.2 Å². The van der Waals surface area contributed by atoms with Gasteiger partial charge in [-0.1, -0.05) is 23.4 Å². The summed E-state index contributed by atoms with van der Waals surface area (Å²) in [6.45, 7) is 6.16. The molecule has 4 heterocycles. The number of thiophene rings is 1. The van der Waals surface area contributed by atoms with Gasteiger partial charge in [-0.2, -0.15) is 4.98 Å². The molecule has 33 heavy (non-hydrogen) atoms. The maximum Gasteiger partial charge on any atom is 0.258 e. The maximum absolute atomic E-state index is 5.88. The van der Waals surface area contributed by atoms with E-state index in [2.05, 4.69) is 22.3 Å². The topological polar surface area (TPSA) is 72.7 Å². The predicted molar refractivity (Wildman–Crippen MR) is 132 cm³/mol. The van der Waals surface area contributed by atoms with Gasteiger partial charge in [0.25, 0.3) is 5.89 Å². The summed E-state index contributed by atoms with van der Waals surface area (Å²) < 4.78 is 17.3. The minimum atomic E-state index is -0.217. The van der Waals surface area contributed by atoms with Crippen LogP contribution in [-0.2, 0) is 4.74 Å². The summed E-state index contributed by atoms with van der Waals surface area (Å²) in [6.07, 6.45) is 2.27. The van der Waals surface area contributed by atoms with Gasteiger partial charge in [0.05, 0.1) is 35.7 Å². The minimum absolute atomic E-state index is 0.160. The molecule has 0 bridgehead atoms. The van der Waals surface area contributed by atoms with Gasteiger partial charge in [0.2, 0.25) is 5.82 Å². The highest BCUT2D eigenvalue weighted by atomic mass is 32.1. The molecule has 2 unspecified atom stereocenters. The first kappa shape index (κ1) is 22.1. The predicted octanol–water partition coefficient (Wildman–Crippen LogP) is 5.04. The average Bonchev–Trinajstić information content (AvgIpc) is 3.60. The molecule has 1 aromatic carbocycles. The lowest BCUT2D eigenvalue weighted by molar-refractivity contribution is 0.0962. The first-order valence-electron chi connectivity index (χ1n) is 11.1. The summed E-state index contributed by atoms with van der Waals surface area (Å²) in [5.41, 5.74) is 2.96. The Kier molecular flexibility index (Phi) is 6.43. The summed E-state index contributed by atoms with van der Waals surface area (Å²) in [5, 5.41) is 10.4. The lowest BCUT2D eigenvalue weighted by Crippen LogP contribution is -2.48. The molecule has 0 radical (unpaired) electrons. The second-order valence-corrected chi connectivity index (χ2v) is 9.36. The van der Waals surface area contributed by atoms with Crippen molar-refractivity contribution >= 4 is 34.2 Å². The summed E-state index contributed by atoms with van der Waals surface area (Å²) >= 11 is 7.38. The van der Waals surface area contributed by atoms with Crippen molar-refractivity contribution in [2.24, 2.45) is 0 Å². The van der Waals surface area contributed by atoms with Crippen LogP contribution in [0.3, 0.4) is 0 Å². The molecule has 0 aliphatic carbocycles. The van der Waals surface area contributed by atoms with E-state index in [9.17, 15) is 0 Å². The Bertz CT molecular complexity index is 1130. The van der Waals surface area contributed by atoms with Crippen LogP contribution < -0.4 is 10.1 Å². The highest BCUT2D eigenvalue weighted by Crippen LogP contribution is 2.38. The molecule has 0 spiro atoms. The van der Waals surface area contributed by atoms with Crippen LogP contribution in [0.15, 0.2) is 52.0 Å². The Morgan fingerprint density at radius 3 is 2.82 bits per heavy atom. The van der Waals surface area contributed by atoms with Crippen LogP contribution in [0.1, 0.15) is 44.2 Å². The normalized spacial score (nSPS) is 20.9. The van der Waals surface area contributed by atoms with Gasteiger partial charge in [0.15, 0.2) is 5.11 Å².